The van der Waals surface area contributed by atoms with E-state index in [1.807, 2.05) is 49.0 Å². The maximum absolute atomic E-state index is 5.73. The smallest absolute Gasteiger partial charge is 0.196 e. The van der Waals surface area contributed by atoms with Gasteiger partial charge >= 0.3 is 0 Å². The monoisotopic (exact) mass is 473 g/mol. The van der Waals surface area contributed by atoms with Gasteiger partial charge in [0.05, 0.1) is 18.8 Å². The highest BCUT2D eigenvalue weighted by Gasteiger charge is 2.03. The van der Waals surface area contributed by atoms with Crippen molar-refractivity contribution in [3.63, 3.8) is 0 Å². The molecule has 1 aromatic heterocycles. The second-order valence-electron chi connectivity index (χ2n) is 5.49. The fraction of sp³-hybridized carbons (Fsp3) is 0.444. The van der Waals surface area contributed by atoms with Crippen molar-refractivity contribution in [3.8, 4) is 5.75 Å². The second kappa shape index (κ2) is 12.5. The Bertz CT molecular complexity index is 675. The van der Waals surface area contributed by atoms with Crippen LogP contribution >= 0.6 is 24.0 Å². The van der Waals surface area contributed by atoms with Crippen LogP contribution in [0.3, 0.4) is 0 Å². The third kappa shape index (κ3) is 7.61. The summed E-state index contributed by atoms with van der Waals surface area (Å²) in [7, 11) is 3.60. The number of methoxy groups -OCH3 is 1. The van der Waals surface area contributed by atoms with E-state index >= 15 is 0 Å². The van der Waals surface area contributed by atoms with Crippen molar-refractivity contribution >= 4 is 35.6 Å². The molecule has 7 nitrogen and oxygen atoms in total. The molecule has 2 rings (SSSR count). The number of rotatable bonds is 9. The molecule has 2 N–H and O–H groups in total. The Labute approximate surface area is 172 Å². The van der Waals surface area contributed by atoms with Gasteiger partial charge in [-0.2, -0.15) is 5.10 Å². The van der Waals surface area contributed by atoms with Gasteiger partial charge in [-0.15, -0.1) is 24.0 Å². The lowest BCUT2D eigenvalue weighted by Crippen LogP contribution is -2.30. The Balaban J connectivity index is 0.00000338. The van der Waals surface area contributed by atoms with Crippen LogP contribution < -0.4 is 15.4 Å². The average Bonchev–Trinajstić information content (AvgIpc) is 3.02. The van der Waals surface area contributed by atoms with Crippen LogP contribution in [0.4, 0.5) is 5.69 Å². The minimum Gasteiger partial charge on any atom is -0.493 e. The van der Waals surface area contributed by atoms with Gasteiger partial charge in [-0.25, -0.2) is 4.99 Å². The molecule has 0 bridgehead atoms. The molecular formula is C18H28IN5O2. The first-order valence-corrected chi connectivity index (χ1v) is 8.47. The van der Waals surface area contributed by atoms with E-state index in [0.29, 0.717) is 19.8 Å². The largest absolute Gasteiger partial charge is 0.493 e. The Hall–Kier alpha value is -1.81. The average molecular weight is 473 g/mol. The first-order chi connectivity index (χ1) is 12.2. The predicted octanol–water partition coefficient (Wildman–Crippen LogP) is 3.03. The molecule has 0 fully saturated rings. The Morgan fingerprint density at radius 1 is 1.27 bits per heavy atom. The van der Waals surface area contributed by atoms with Crippen molar-refractivity contribution < 1.29 is 9.47 Å². The zero-order valence-electron chi connectivity index (χ0n) is 15.6. The van der Waals surface area contributed by atoms with Gasteiger partial charge in [0.2, 0.25) is 0 Å². The number of halogens is 1. The van der Waals surface area contributed by atoms with E-state index in [4.69, 9.17) is 9.47 Å². The number of nitrogens with zero attached hydrogens (tertiary/aromatic N) is 3. The number of benzene rings is 1. The van der Waals surface area contributed by atoms with Gasteiger partial charge in [0.25, 0.3) is 0 Å². The van der Waals surface area contributed by atoms with Crippen LogP contribution in [0.25, 0.3) is 0 Å². The number of aliphatic imine (C=N–C) groups is 1. The SMILES string of the molecule is CCNC(=NCc1ccnn1C)Nc1cccc(OCCCOC)c1.I. The minimum absolute atomic E-state index is 0. The molecule has 0 amide bonds. The Morgan fingerprint density at radius 3 is 2.81 bits per heavy atom. The van der Waals surface area contributed by atoms with E-state index in [2.05, 4.69) is 20.7 Å². The van der Waals surface area contributed by atoms with Crippen molar-refractivity contribution in [2.45, 2.75) is 19.9 Å². The van der Waals surface area contributed by atoms with Gasteiger partial charge < -0.3 is 20.1 Å². The lowest BCUT2D eigenvalue weighted by molar-refractivity contribution is 0.172. The van der Waals surface area contributed by atoms with Gasteiger partial charge in [-0.05, 0) is 25.1 Å². The second-order valence-corrected chi connectivity index (χ2v) is 5.49. The van der Waals surface area contributed by atoms with Gasteiger partial charge in [0.1, 0.15) is 5.75 Å². The van der Waals surface area contributed by atoms with Crippen molar-refractivity contribution in [1.29, 1.82) is 0 Å². The molecule has 0 radical (unpaired) electrons. The normalized spacial score (nSPS) is 11.0. The molecule has 0 aliphatic rings. The lowest BCUT2D eigenvalue weighted by Gasteiger charge is -2.13. The van der Waals surface area contributed by atoms with Crippen molar-refractivity contribution in [2.75, 3.05) is 32.2 Å². The van der Waals surface area contributed by atoms with Crippen LogP contribution in [0.2, 0.25) is 0 Å². The summed E-state index contributed by atoms with van der Waals surface area (Å²) in [5, 5.41) is 10.7. The van der Waals surface area contributed by atoms with Crippen LogP contribution in [0.15, 0.2) is 41.5 Å². The third-order valence-electron chi connectivity index (χ3n) is 3.52. The highest BCUT2D eigenvalue weighted by Crippen LogP contribution is 2.17. The zero-order valence-corrected chi connectivity index (χ0v) is 17.9. The number of anilines is 1. The molecule has 0 saturated carbocycles. The molecule has 2 aromatic rings. The minimum atomic E-state index is 0. The summed E-state index contributed by atoms with van der Waals surface area (Å²) in [6.07, 6.45) is 2.64. The van der Waals surface area contributed by atoms with Crippen LogP contribution in [-0.4, -0.2) is 42.6 Å². The van der Waals surface area contributed by atoms with E-state index in [-0.39, 0.29) is 24.0 Å². The van der Waals surface area contributed by atoms with E-state index in [9.17, 15) is 0 Å². The summed E-state index contributed by atoms with van der Waals surface area (Å²) in [5.74, 6) is 1.55. The Morgan fingerprint density at radius 2 is 2.12 bits per heavy atom. The van der Waals surface area contributed by atoms with E-state index in [1.54, 1.807) is 13.3 Å². The Kier molecular flexibility index (Phi) is 10.7. The molecule has 144 valence electrons. The van der Waals surface area contributed by atoms with Crippen LogP contribution in [-0.2, 0) is 18.3 Å². The van der Waals surface area contributed by atoms with Gasteiger partial charge in [0.15, 0.2) is 5.96 Å². The number of hydrogen-bond acceptors (Lipinski definition) is 4. The fourth-order valence-corrected chi connectivity index (χ4v) is 2.22. The molecule has 0 saturated heterocycles. The van der Waals surface area contributed by atoms with Crippen molar-refractivity contribution in [3.05, 3.63) is 42.2 Å². The topological polar surface area (TPSA) is 72.7 Å². The summed E-state index contributed by atoms with van der Waals surface area (Å²) in [6, 6.07) is 9.81. The lowest BCUT2D eigenvalue weighted by atomic mass is 10.3. The first-order valence-electron chi connectivity index (χ1n) is 8.47. The predicted molar refractivity (Wildman–Crippen MR) is 115 cm³/mol. The molecule has 0 aliphatic heterocycles. The molecule has 0 aliphatic carbocycles. The molecule has 0 spiro atoms. The number of aryl methyl sites for hydroxylation is 1. The standard InChI is InChI=1S/C18H27N5O2.HI/c1-4-19-18(20-14-16-9-10-21-23(16)2)22-15-7-5-8-17(13-15)25-12-6-11-24-3;/h5,7-10,13H,4,6,11-12,14H2,1-3H3,(H2,19,20,22);1H. The zero-order chi connectivity index (χ0) is 17.9. The highest BCUT2D eigenvalue weighted by molar-refractivity contribution is 14.0. The molecule has 0 atom stereocenters. The maximum atomic E-state index is 5.73. The quantitative estimate of drug-likeness (QED) is 0.254. The third-order valence-corrected chi connectivity index (χ3v) is 3.52. The number of ether oxygens (including phenoxy) is 2. The van der Waals surface area contributed by atoms with Crippen LogP contribution in [0, 0.1) is 0 Å². The van der Waals surface area contributed by atoms with E-state index in [0.717, 1.165) is 36.1 Å². The fourth-order valence-electron chi connectivity index (χ4n) is 2.22. The summed E-state index contributed by atoms with van der Waals surface area (Å²) >= 11 is 0. The summed E-state index contributed by atoms with van der Waals surface area (Å²) in [5.41, 5.74) is 1.97. The van der Waals surface area contributed by atoms with Gasteiger partial charge in [0, 0.05) is 51.7 Å². The van der Waals surface area contributed by atoms with Gasteiger partial charge in [-0.3, -0.25) is 4.68 Å². The highest BCUT2D eigenvalue weighted by atomic mass is 127. The molecule has 8 heteroatoms. The van der Waals surface area contributed by atoms with Crippen LogP contribution in [0.5, 0.6) is 5.75 Å². The molecule has 0 unspecified atom stereocenters. The number of aromatic nitrogens is 2. The number of nitrogens with one attached hydrogen (secondary N) is 2. The number of hydrogen-bond donors (Lipinski definition) is 2. The molecular weight excluding hydrogens is 445 g/mol. The van der Waals surface area contributed by atoms with E-state index in [1.165, 1.54) is 0 Å². The molecule has 1 heterocycles. The molecule has 1 aromatic carbocycles. The van der Waals surface area contributed by atoms with Crippen molar-refractivity contribution in [1.82, 2.24) is 15.1 Å². The summed E-state index contributed by atoms with van der Waals surface area (Å²) in [4.78, 5) is 4.60. The summed E-state index contributed by atoms with van der Waals surface area (Å²) < 4.78 is 12.6. The van der Waals surface area contributed by atoms with Crippen molar-refractivity contribution in [2.24, 2.45) is 12.0 Å². The molecule has 26 heavy (non-hydrogen) atoms. The summed E-state index contributed by atoms with van der Waals surface area (Å²) in [6.45, 7) is 4.70. The van der Waals surface area contributed by atoms with Crippen LogP contribution in [0.1, 0.15) is 19.0 Å². The first kappa shape index (κ1) is 22.2. The van der Waals surface area contributed by atoms with E-state index < -0.39 is 0 Å². The number of guanidine groups is 1. The maximum Gasteiger partial charge on any atom is 0.196 e. The van der Waals surface area contributed by atoms with Gasteiger partial charge in [-0.1, -0.05) is 6.07 Å².